The number of halogens is 2. The number of benzene rings is 2. The average Bonchev–Trinajstić information content (AvgIpc) is 3.22. The van der Waals surface area contributed by atoms with E-state index in [-0.39, 0.29) is 13.0 Å². The van der Waals surface area contributed by atoms with Gasteiger partial charge in [-0.1, -0.05) is 50.1 Å². The molecule has 1 unspecified atom stereocenters. The van der Waals surface area contributed by atoms with Gasteiger partial charge in [-0.05, 0) is 44.0 Å². The molecule has 1 atom stereocenters. The van der Waals surface area contributed by atoms with Crippen LogP contribution < -0.4 is 5.32 Å². The summed E-state index contributed by atoms with van der Waals surface area (Å²) in [6, 6.07) is 19.2. The highest BCUT2D eigenvalue weighted by molar-refractivity contribution is 5.66. The van der Waals surface area contributed by atoms with Crippen LogP contribution in [-0.4, -0.2) is 22.2 Å². The third-order valence-corrected chi connectivity index (χ3v) is 5.78. The Morgan fingerprint density at radius 1 is 1.09 bits per heavy atom. The lowest BCUT2D eigenvalue weighted by atomic mass is 9.94. The second-order valence-corrected chi connectivity index (χ2v) is 8.20. The summed E-state index contributed by atoms with van der Waals surface area (Å²) >= 11 is 0. The maximum absolute atomic E-state index is 14.6. The van der Waals surface area contributed by atoms with Crippen molar-refractivity contribution < 1.29 is 8.78 Å². The van der Waals surface area contributed by atoms with E-state index in [4.69, 9.17) is 5.26 Å². The molecule has 0 aliphatic carbocycles. The maximum Gasteiger partial charge on any atom is 0.252 e. The summed E-state index contributed by atoms with van der Waals surface area (Å²) in [7, 11) is 0. The minimum Gasteiger partial charge on any atom is -0.368 e. The molecule has 0 aliphatic heterocycles. The fourth-order valence-corrected chi connectivity index (χ4v) is 3.71. The fourth-order valence-electron chi connectivity index (χ4n) is 3.71. The Labute approximate surface area is 188 Å². The van der Waals surface area contributed by atoms with Gasteiger partial charge in [0.1, 0.15) is 5.82 Å². The number of nitrogens with one attached hydrogen (secondary N) is 1. The van der Waals surface area contributed by atoms with E-state index in [0.29, 0.717) is 24.2 Å². The van der Waals surface area contributed by atoms with Gasteiger partial charge in [0.15, 0.2) is 0 Å². The first-order valence-electron chi connectivity index (χ1n) is 11.2. The van der Waals surface area contributed by atoms with Crippen LogP contribution in [0.3, 0.4) is 0 Å². The van der Waals surface area contributed by atoms with Gasteiger partial charge in [-0.15, -0.1) is 5.10 Å². The van der Waals surface area contributed by atoms with Crippen molar-refractivity contribution in [2.24, 2.45) is 5.92 Å². The van der Waals surface area contributed by atoms with E-state index in [1.807, 2.05) is 56.3 Å². The van der Waals surface area contributed by atoms with Gasteiger partial charge in [0.05, 0.1) is 23.0 Å². The standard InChI is InChI=1S/C26H30F2N4/c1-4-6-15-26(27,28)22(5-2)18-30-25-16-24(21-11-7-19(3)8-12-21)32(31-25)23-13-9-20(17-29)10-14-23/h7-14,16,22H,4-6,15,18H2,1-3H3,(H,30,31). The van der Waals surface area contributed by atoms with E-state index in [2.05, 4.69) is 16.5 Å². The number of aromatic nitrogens is 2. The number of anilines is 1. The Balaban J connectivity index is 1.90. The molecule has 0 radical (unpaired) electrons. The summed E-state index contributed by atoms with van der Waals surface area (Å²) in [5, 5.41) is 16.9. The van der Waals surface area contributed by atoms with Crippen LogP contribution in [0, 0.1) is 24.2 Å². The lowest BCUT2D eigenvalue weighted by Crippen LogP contribution is -2.33. The molecule has 0 bridgehead atoms. The molecule has 0 saturated heterocycles. The molecule has 0 spiro atoms. The van der Waals surface area contributed by atoms with E-state index in [0.717, 1.165) is 28.9 Å². The number of hydrogen-bond donors (Lipinski definition) is 1. The first-order valence-corrected chi connectivity index (χ1v) is 11.2. The van der Waals surface area contributed by atoms with Crippen LogP contribution in [0.2, 0.25) is 0 Å². The smallest absolute Gasteiger partial charge is 0.252 e. The highest BCUT2D eigenvalue weighted by Crippen LogP contribution is 2.33. The van der Waals surface area contributed by atoms with Crippen molar-refractivity contribution in [3.05, 3.63) is 65.7 Å². The third-order valence-electron chi connectivity index (χ3n) is 5.78. The Morgan fingerprint density at radius 2 is 1.78 bits per heavy atom. The van der Waals surface area contributed by atoms with Gasteiger partial charge in [0, 0.05) is 30.5 Å². The number of aryl methyl sites for hydroxylation is 1. The van der Waals surface area contributed by atoms with Crippen LogP contribution in [0.4, 0.5) is 14.6 Å². The molecule has 1 N–H and O–H groups in total. The predicted molar refractivity (Wildman–Crippen MR) is 125 cm³/mol. The minimum absolute atomic E-state index is 0.0853. The van der Waals surface area contributed by atoms with Crippen LogP contribution in [0.5, 0.6) is 0 Å². The molecule has 32 heavy (non-hydrogen) atoms. The van der Waals surface area contributed by atoms with E-state index < -0.39 is 11.8 Å². The molecule has 0 fully saturated rings. The zero-order chi connectivity index (χ0) is 23.1. The van der Waals surface area contributed by atoms with Crippen molar-refractivity contribution in [2.75, 3.05) is 11.9 Å². The average molecular weight is 437 g/mol. The Kier molecular flexibility index (Phi) is 7.63. The summed E-state index contributed by atoms with van der Waals surface area (Å²) < 4.78 is 31.0. The van der Waals surface area contributed by atoms with Gasteiger partial charge < -0.3 is 5.32 Å². The van der Waals surface area contributed by atoms with E-state index in [1.165, 1.54) is 0 Å². The summed E-state index contributed by atoms with van der Waals surface area (Å²) in [6.45, 7) is 5.92. The van der Waals surface area contributed by atoms with Crippen LogP contribution in [0.25, 0.3) is 16.9 Å². The van der Waals surface area contributed by atoms with Gasteiger partial charge in [0.2, 0.25) is 0 Å². The summed E-state index contributed by atoms with van der Waals surface area (Å²) in [5.74, 6) is -2.90. The normalized spacial score (nSPS) is 12.4. The quantitative estimate of drug-likeness (QED) is 0.373. The molecule has 1 heterocycles. The topological polar surface area (TPSA) is 53.6 Å². The summed E-state index contributed by atoms with van der Waals surface area (Å²) in [5.41, 5.74) is 4.34. The number of rotatable bonds is 10. The van der Waals surface area contributed by atoms with Crippen molar-refractivity contribution in [1.29, 1.82) is 5.26 Å². The number of nitrogens with zero attached hydrogens (tertiary/aromatic N) is 3. The molecule has 3 aromatic rings. The minimum atomic E-state index is -2.70. The van der Waals surface area contributed by atoms with E-state index in [1.54, 1.807) is 23.7 Å². The summed E-state index contributed by atoms with van der Waals surface area (Å²) in [6.07, 6.45) is 1.59. The molecule has 2 aromatic carbocycles. The lowest BCUT2D eigenvalue weighted by molar-refractivity contribution is -0.0632. The molecule has 3 rings (SSSR count). The monoisotopic (exact) mass is 436 g/mol. The van der Waals surface area contributed by atoms with Crippen LogP contribution in [0.1, 0.15) is 50.7 Å². The SMILES string of the molecule is CCCCC(F)(F)C(CC)CNc1cc(-c2ccc(C)cc2)n(-c2ccc(C#N)cc2)n1. The summed E-state index contributed by atoms with van der Waals surface area (Å²) in [4.78, 5) is 0. The van der Waals surface area contributed by atoms with Crippen LogP contribution in [-0.2, 0) is 0 Å². The van der Waals surface area contributed by atoms with Crippen molar-refractivity contribution >= 4 is 5.82 Å². The molecule has 0 aliphatic rings. The lowest BCUT2D eigenvalue weighted by Gasteiger charge is -2.26. The van der Waals surface area contributed by atoms with Gasteiger partial charge in [-0.3, -0.25) is 0 Å². The first-order chi connectivity index (χ1) is 15.4. The molecule has 1 aromatic heterocycles. The van der Waals surface area contributed by atoms with Crippen LogP contribution in [0.15, 0.2) is 54.6 Å². The van der Waals surface area contributed by atoms with Crippen molar-refractivity contribution in [3.8, 4) is 23.0 Å². The largest absolute Gasteiger partial charge is 0.368 e. The van der Waals surface area contributed by atoms with Gasteiger partial charge in [-0.25, -0.2) is 13.5 Å². The molecule has 6 heteroatoms. The second kappa shape index (κ2) is 10.4. The Bertz CT molecular complexity index is 1050. The van der Waals surface area contributed by atoms with Crippen molar-refractivity contribution in [1.82, 2.24) is 9.78 Å². The molecule has 4 nitrogen and oxygen atoms in total. The Hall–Kier alpha value is -3.20. The number of alkyl halides is 2. The molecule has 0 amide bonds. The van der Waals surface area contributed by atoms with Gasteiger partial charge in [0.25, 0.3) is 5.92 Å². The Morgan fingerprint density at radius 3 is 2.38 bits per heavy atom. The highest BCUT2D eigenvalue weighted by atomic mass is 19.3. The van der Waals surface area contributed by atoms with Gasteiger partial charge >= 0.3 is 0 Å². The molecular formula is C26H30F2N4. The number of hydrogen-bond acceptors (Lipinski definition) is 3. The molecule has 168 valence electrons. The number of unbranched alkanes of at least 4 members (excludes halogenated alkanes) is 1. The van der Waals surface area contributed by atoms with Crippen LogP contribution >= 0.6 is 0 Å². The van der Waals surface area contributed by atoms with E-state index >= 15 is 0 Å². The van der Waals surface area contributed by atoms with Crippen molar-refractivity contribution in [3.63, 3.8) is 0 Å². The second-order valence-electron chi connectivity index (χ2n) is 8.20. The third kappa shape index (κ3) is 5.53. The predicted octanol–water partition coefficient (Wildman–Crippen LogP) is 6.98. The zero-order valence-corrected chi connectivity index (χ0v) is 18.9. The van der Waals surface area contributed by atoms with E-state index in [9.17, 15) is 8.78 Å². The highest BCUT2D eigenvalue weighted by Gasteiger charge is 2.37. The van der Waals surface area contributed by atoms with Gasteiger partial charge in [-0.2, -0.15) is 5.26 Å². The first kappa shape index (κ1) is 23.5. The van der Waals surface area contributed by atoms with Crippen molar-refractivity contribution in [2.45, 2.75) is 52.4 Å². The molecular weight excluding hydrogens is 406 g/mol. The fraction of sp³-hybridized carbons (Fsp3) is 0.385. The zero-order valence-electron chi connectivity index (χ0n) is 18.9. The maximum atomic E-state index is 14.6. The molecule has 0 saturated carbocycles. The number of nitriles is 1.